The fourth-order valence-corrected chi connectivity index (χ4v) is 4.82. The SMILES string of the molecule is CCC1N=C(Nc2nc(-c3ccccc3Cl)nc3ccccc23)N=C1C1CCCCC1. The van der Waals surface area contributed by atoms with Gasteiger partial charge in [-0.3, -0.25) is 0 Å². The third kappa shape index (κ3) is 4.07. The summed E-state index contributed by atoms with van der Waals surface area (Å²) in [7, 11) is 0. The van der Waals surface area contributed by atoms with Gasteiger partial charge in [-0.05, 0) is 49.4 Å². The van der Waals surface area contributed by atoms with E-state index in [2.05, 4.69) is 12.2 Å². The van der Waals surface area contributed by atoms with Crippen LogP contribution in [0.5, 0.6) is 0 Å². The highest BCUT2D eigenvalue weighted by molar-refractivity contribution is 6.33. The number of hydrogen-bond donors (Lipinski definition) is 1. The number of nitrogens with one attached hydrogen (secondary N) is 1. The number of aromatic nitrogens is 2. The number of fused-ring (bicyclic) bond motifs is 1. The summed E-state index contributed by atoms with van der Waals surface area (Å²) in [4.78, 5) is 19.4. The fraction of sp³-hybridized carbons (Fsp3) is 0.360. The van der Waals surface area contributed by atoms with Crippen LogP contribution in [0.1, 0.15) is 45.4 Å². The number of benzene rings is 2. The van der Waals surface area contributed by atoms with Crippen molar-refractivity contribution in [3.8, 4) is 11.4 Å². The molecule has 0 bridgehead atoms. The first-order chi connectivity index (χ1) is 15.2. The van der Waals surface area contributed by atoms with Gasteiger partial charge in [-0.25, -0.2) is 20.0 Å². The van der Waals surface area contributed by atoms with Crippen LogP contribution in [0.25, 0.3) is 22.3 Å². The molecule has 31 heavy (non-hydrogen) atoms. The van der Waals surface area contributed by atoms with E-state index in [0.29, 0.717) is 28.5 Å². The Hall–Kier alpha value is -2.79. The van der Waals surface area contributed by atoms with Crippen molar-refractivity contribution < 1.29 is 0 Å². The highest BCUT2D eigenvalue weighted by atomic mass is 35.5. The van der Waals surface area contributed by atoms with Crippen molar-refractivity contribution in [1.29, 1.82) is 0 Å². The van der Waals surface area contributed by atoms with Gasteiger partial charge in [0.15, 0.2) is 5.82 Å². The summed E-state index contributed by atoms with van der Waals surface area (Å²) in [6, 6.07) is 15.8. The zero-order valence-electron chi connectivity index (χ0n) is 17.7. The largest absolute Gasteiger partial charge is 0.308 e. The number of halogens is 1. The van der Waals surface area contributed by atoms with Gasteiger partial charge < -0.3 is 5.32 Å². The number of aliphatic imine (C=N–C) groups is 2. The van der Waals surface area contributed by atoms with Crippen molar-refractivity contribution in [2.45, 2.75) is 51.5 Å². The maximum atomic E-state index is 6.43. The predicted octanol–water partition coefficient (Wildman–Crippen LogP) is 6.53. The summed E-state index contributed by atoms with van der Waals surface area (Å²) in [5, 5.41) is 4.99. The van der Waals surface area contributed by atoms with E-state index in [-0.39, 0.29) is 6.04 Å². The highest BCUT2D eigenvalue weighted by Gasteiger charge is 2.29. The Bertz CT molecular complexity index is 1160. The monoisotopic (exact) mass is 431 g/mol. The number of hydrogen-bond acceptors (Lipinski definition) is 5. The lowest BCUT2D eigenvalue weighted by molar-refractivity contribution is 0.433. The molecule has 1 aliphatic heterocycles. The Labute approximate surface area is 187 Å². The Morgan fingerprint density at radius 3 is 2.55 bits per heavy atom. The van der Waals surface area contributed by atoms with Crippen molar-refractivity contribution in [3.63, 3.8) is 0 Å². The second-order valence-corrected chi connectivity index (χ2v) is 8.67. The van der Waals surface area contributed by atoms with Gasteiger partial charge >= 0.3 is 0 Å². The fourth-order valence-electron chi connectivity index (χ4n) is 4.60. The Balaban J connectivity index is 1.53. The molecule has 1 saturated carbocycles. The topological polar surface area (TPSA) is 62.5 Å². The van der Waals surface area contributed by atoms with Crippen LogP contribution in [0, 0.1) is 5.92 Å². The Morgan fingerprint density at radius 1 is 0.968 bits per heavy atom. The van der Waals surface area contributed by atoms with Crippen LogP contribution in [0.3, 0.4) is 0 Å². The molecular formula is C25H26ClN5. The minimum absolute atomic E-state index is 0.168. The average molecular weight is 432 g/mol. The lowest BCUT2D eigenvalue weighted by atomic mass is 9.83. The third-order valence-electron chi connectivity index (χ3n) is 6.21. The molecule has 1 aliphatic carbocycles. The van der Waals surface area contributed by atoms with Crippen LogP contribution in [-0.4, -0.2) is 27.7 Å². The first kappa shape index (κ1) is 20.1. The first-order valence-corrected chi connectivity index (χ1v) is 11.6. The number of guanidine groups is 1. The van der Waals surface area contributed by atoms with E-state index in [0.717, 1.165) is 22.9 Å². The minimum Gasteiger partial charge on any atom is -0.308 e. The minimum atomic E-state index is 0.168. The maximum Gasteiger partial charge on any atom is 0.224 e. The normalized spacial score (nSPS) is 19.4. The molecule has 1 atom stereocenters. The van der Waals surface area contributed by atoms with Crippen molar-refractivity contribution in [3.05, 3.63) is 53.6 Å². The number of nitrogens with zero attached hydrogens (tertiary/aromatic N) is 4. The van der Waals surface area contributed by atoms with E-state index >= 15 is 0 Å². The van der Waals surface area contributed by atoms with E-state index in [1.165, 1.54) is 37.8 Å². The quantitative estimate of drug-likeness (QED) is 0.510. The lowest BCUT2D eigenvalue weighted by Gasteiger charge is -2.24. The number of anilines is 1. The molecule has 1 aromatic heterocycles. The summed E-state index contributed by atoms with van der Waals surface area (Å²) >= 11 is 6.43. The summed E-state index contributed by atoms with van der Waals surface area (Å²) in [6.45, 7) is 2.19. The summed E-state index contributed by atoms with van der Waals surface area (Å²) in [6.07, 6.45) is 7.35. The highest BCUT2D eigenvalue weighted by Crippen LogP contribution is 2.31. The molecule has 5 rings (SSSR count). The molecule has 0 radical (unpaired) electrons. The molecular weight excluding hydrogens is 406 g/mol. The van der Waals surface area contributed by atoms with E-state index < -0.39 is 0 Å². The van der Waals surface area contributed by atoms with Crippen LogP contribution in [-0.2, 0) is 0 Å². The molecule has 0 saturated heterocycles. The molecule has 5 nitrogen and oxygen atoms in total. The lowest BCUT2D eigenvalue weighted by Crippen LogP contribution is -2.26. The van der Waals surface area contributed by atoms with E-state index in [4.69, 9.17) is 31.6 Å². The molecule has 0 spiro atoms. The zero-order chi connectivity index (χ0) is 21.2. The van der Waals surface area contributed by atoms with Crippen molar-refractivity contribution in [2.75, 3.05) is 5.32 Å². The van der Waals surface area contributed by atoms with Crippen LogP contribution in [0.2, 0.25) is 5.02 Å². The van der Waals surface area contributed by atoms with Crippen LogP contribution in [0.4, 0.5) is 5.82 Å². The van der Waals surface area contributed by atoms with Gasteiger partial charge in [0.05, 0.1) is 16.6 Å². The Kier molecular flexibility index (Phi) is 5.68. The van der Waals surface area contributed by atoms with Crippen molar-refractivity contribution in [1.82, 2.24) is 9.97 Å². The van der Waals surface area contributed by atoms with Crippen molar-refractivity contribution in [2.24, 2.45) is 15.9 Å². The zero-order valence-corrected chi connectivity index (χ0v) is 18.4. The molecule has 2 aromatic carbocycles. The van der Waals surface area contributed by atoms with Gasteiger partial charge in [-0.2, -0.15) is 0 Å². The molecule has 6 heteroatoms. The van der Waals surface area contributed by atoms with Crippen molar-refractivity contribution >= 4 is 40.0 Å². The van der Waals surface area contributed by atoms with Gasteiger partial charge in [0.2, 0.25) is 5.96 Å². The standard InChI is InChI=1S/C25H26ClN5/c1-2-20-22(16-10-4-3-5-11-16)29-25(28-20)31-24-18-13-7-9-15-21(18)27-23(30-24)17-12-6-8-14-19(17)26/h6-9,12-16,20H,2-5,10-11H2,1H3,(H,27,28,30,31). The molecule has 1 unspecified atom stereocenters. The second kappa shape index (κ2) is 8.75. The molecule has 158 valence electrons. The molecule has 1 fully saturated rings. The first-order valence-electron chi connectivity index (χ1n) is 11.2. The number of para-hydroxylation sites is 1. The maximum absolute atomic E-state index is 6.43. The van der Waals surface area contributed by atoms with Crippen LogP contribution < -0.4 is 5.32 Å². The smallest absolute Gasteiger partial charge is 0.224 e. The summed E-state index contributed by atoms with van der Waals surface area (Å²) in [5.41, 5.74) is 2.91. The van der Waals surface area contributed by atoms with Gasteiger partial charge in [-0.15, -0.1) is 0 Å². The van der Waals surface area contributed by atoms with Crippen LogP contribution >= 0.6 is 11.6 Å². The second-order valence-electron chi connectivity index (χ2n) is 8.27. The Morgan fingerprint density at radius 2 is 1.74 bits per heavy atom. The van der Waals surface area contributed by atoms with Gasteiger partial charge in [-0.1, -0.05) is 62.1 Å². The summed E-state index contributed by atoms with van der Waals surface area (Å²) in [5.74, 6) is 2.51. The van der Waals surface area contributed by atoms with Gasteiger partial charge in [0.25, 0.3) is 0 Å². The predicted molar refractivity (Wildman–Crippen MR) is 129 cm³/mol. The number of rotatable bonds is 4. The van der Waals surface area contributed by atoms with Crippen LogP contribution in [0.15, 0.2) is 58.5 Å². The molecule has 2 aliphatic rings. The van der Waals surface area contributed by atoms with E-state index in [9.17, 15) is 0 Å². The molecule has 2 heterocycles. The molecule has 1 N–H and O–H groups in total. The van der Waals surface area contributed by atoms with E-state index in [1.54, 1.807) is 0 Å². The van der Waals surface area contributed by atoms with Gasteiger partial charge in [0.1, 0.15) is 5.82 Å². The van der Waals surface area contributed by atoms with Gasteiger partial charge in [0, 0.05) is 16.7 Å². The summed E-state index contributed by atoms with van der Waals surface area (Å²) < 4.78 is 0. The molecule has 0 amide bonds. The third-order valence-corrected chi connectivity index (χ3v) is 6.54. The van der Waals surface area contributed by atoms with E-state index in [1.807, 2.05) is 48.5 Å². The average Bonchev–Trinajstić information content (AvgIpc) is 3.23. The molecule has 3 aromatic rings.